The summed E-state index contributed by atoms with van der Waals surface area (Å²) in [6, 6.07) is 0. The molecule has 38 heavy (non-hydrogen) atoms. The Morgan fingerprint density at radius 1 is 1.24 bits per heavy atom. The van der Waals surface area contributed by atoms with Gasteiger partial charge in [-0.3, -0.25) is 19.2 Å². The Balaban J connectivity index is 1.47. The number of carbonyl (C=O) groups excluding carboxylic acids is 4. The van der Waals surface area contributed by atoms with Crippen molar-refractivity contribution in [3.8, 4) is 0 Å². The van der Waals surface area contributed by atoms with E-state index in [1.807, 2.05) is 13.8 Å². The van der Waals surface area contributed by atoms with E-state index in [0.29, 0.717) is 19.3 Å². The predicted molar refractivity (Wildman–Crippen MR) is 134 cm³/mol. The molecule has 4 aliphatic carbocycles. The van der Waals surface area contributed by atoms with Crippen molar-refractivity contribution in [3.63, 3.8) is 0 Å². The quantitative estimate of drug-likeness (QED) is 0.396. The third-order valence-corrected chi connectivity index (χ3v) is 10.5. The van der Waals surface area contributed by atoms with Gasteiger partial charge in [0.05, 0.1) is 18.9 Å². The fourth-order valence-electron chi connectivity index (χ4n) is 8.26. The van der Waals surface area contributed by atoms with Crippen molar-refractivity contribution in [2.75, 3.05) is 6.61 Å². The van der Waals surface area contributed by atoms with Crippen molar-refractivity contribution >= 4 is 35.5 Å². The normalized spacial score (nSPS) is 44.7. The number of aliphatic hydroxyl groups is 1. The molecule has 208 valence electrons. The van der Waals surface area contributed by atoms with Gasteiger partial charge in [0.15, 0.2) is 5.78 Å². The van der Waals surface area contributed by atoms with Gasteiger partial charge in [-0.25, -0.2) is 8.78 Å². The van der Waals surface area contributed by atoms with Crippen molar-refractivity contribution in [1.82, 2.24) is 0 Å². The summed E-state index contributed by atoms with van der Waals surface area (Å²) in [7, 11) is 0. The summed E-state index contributed by atoms with van der Waals surface area (Å²) in [5.74, 6) is -3.63. The highest BCUT2D eigenvalue weighted by atomic mass is 32.1. The van der Waals surface area contributed by atoms with Gasteiger partial charge in [-0.05, 0) is 62.5 Å². The first kappa shape index (κ1) is 27.5. The zero-order valence-corrected chi connectivity index (χ0v) is 22.6. The predicted octanol–water partition coefficient (Wildman–Crippen LogP) is 3.63. The van der Waals surface area contributed by atoms with Crippen LogP contribution in [-0.4, -0.2) is 58.6 Å². The van der Waals surface area contributed by atoms with Crippen molar-refractivity contribution < 1.29 is 42.5 Å². The number of ether oxygens (including phenoxy) is 2. The number of fused-ring (bicyclic) bond motifs is 5. The summed E-state index contributed by atoms with van der Waals surface area (Å²) < 4.78 is 44.1. The van der Waals surface area contributed by atoms with Crippen LogP contribution in [0.4, 0.5) is 8.78 Å². The van der Waals surface area contributed by atoms with Crippen LogP contribution in [0.3, 0.4) is 0 Å². The maximum Gasteiger partial charge on any atom is 0.313 e. The van der Waals surface area contributed by atoms with Crippen molar-refractivity contribution in [1.29, 1.82) is 0 Å². The van der Waals surface area contributed by atoms with Crippen LogP contribution < -0.4 is 0 Å². The highest BCUT2D eigenvalue weighted by Gasteiger charge is 2.70. The lowest BCUT2D eigenvalue weighted by Crippen LogP contribution is -2.62. The molecule has 1 heterocycles. The number of rotatable bonds is 5. The summed E-state index contributed by atoms with van der Waals surface area (Å²) in [5, 5.41) is 8.91. The molecule has 4 fully saturated rings. The minimum absolute atomic E-state index is 0.0663. The van der Waals surface area contributed by atoms with Crippen molar-refractivity contribution in [3.05, 3.63) is 23.3 Å². The summed E-state index contributed by atoms with van der Waals surface area (Å²) >= 11 is 3.55. The van der Waals surface area contributed by atoms with Crippen LogP contribution in [0, 0.1) is 34.5 Å². The van der Waals surface area contributed by atoms with Crippen molar-refractivity contribution in [2.45, 2.75) is 83.3 Å². The molecule has 7 nitrogen and oxygen atoms in total. The van der Waals surface area contributed by atoms with Crippen LogP contribution >= 0.6 is 12.6 Å². The van der Waals surface area contributed by atoms with Gasteiger partial charge in [0.1, 0.15) is 24.0 Å². The SMILES string of the molecule is C[C@@H]1C[C@H]2[C@@H]3C[C@H](F)C4=CC(=O)C([C@@H]5CCOC5=O)=C[C@]4(C)[C@@]3(F)CC[C@]2(C)[C@@H]1OC(=O)CC(O)C(=O)S. The number of hydrogen-bond donors (Lipinski definition) is 2. The van der Waals surface area contributed by atoms with Crippen LogP contribution in [-0.2, 0) is 28.7 Å². The fourth-order valence-corrected chi connectivity index (χ4v) is 8.35. The standard InChI is InChI=1S/C28H34F2O7S/c1-13-8-16-17-9-19(29)18-10-20(31)15(14-4-7-36-24(14)34)12-27(18,3)28(17,30)6-5-26(16,2)23(13)37-22(33)11-21(32)25(35)38/h10,12-14,16-17,19,21,23,32H,4-9,11H2,1-3H3,(H,35,38)/t13-,14+,16+,17+,19+,21?,23-,26+,27+,28-/m1/s1. The second-order valence-corrected chi connectivity index (χ2v) is 12.7. The lowest BCUT2D eigenvalue weighted by molar-refractivity contribution is -0.174. The molecule has 1 unspecified atom stereocenters. The smallest absolute Gasteiger partial charge is 0.313 e. The topological polar surface area (TPSA) is 107 Å². The van der Waals surface area contributed by atoms with E-state index in [4.69, 9.17) is 9.47 Å². The van der Waals surface area contributed by atoms with Gasteiger partial charge in [-0.1, -0.05) is 19.9 Å². The summed E-state index contributed by atoms with van der Waals surface area (Å²) in [6.45, 7) is 5.68. The van der Waals surface area contributed by atoms with Crippen molar-refractivity contribution in [2.24, 2.45) is 34.5 Å². The minimum atomic E-state index is -1.87. The van der Waals surface area contributed by atoms with E-state index < -0.39 is 76.0 Å². The Morgan fingerprint density at radius 2 is 1.95 bits per heavy atom. The number of carbonyl (C=O) groups is 4. The number of aliphatic hydroxyl groups excluding tert-OH is 1. The average Bonchev–Trinajstić information content (AvgIpc) is 3.37. The number of hydrogen-bond acceptors (Lipinski definition) is 7. The largest absolute Gasteiger partial charge is 0.465 e. The Kier molecular flexibility index (Phi) is 6.69. The van der Waals surface area contributed by atoms with Gasteiger partial charge in [0.2, 0.25) is 5.12 Å². The van der Waals surface area contributed by atoms with E-state index in [1.165, 1.54) is 12.2 Å². The molecule has 5 rings (SSSR count). The zero-order valence-electron chi connectivity index (χ0n) is 21.7. The Labute approximate surface area is 225 Å². The molecular formula is C28H34F2O7S. The number of alkyl halides is 2. The van der Waals surface area contributed by atoms with E-state index in [2.05, 4.69) is 12.6 Å². The van der Waals surface area contributed by atoms with Crippen LogP contribution in [0.25, 0.3) is 0 Å². The molecule has 10 heteroatoms. The molecular weight excluding hydrogens is 518 g/mol. The molecule has 0 aromatic heterocycles. The molecule has 0 radical (unpaired) electrons. The van der Waals surface area contributed by atoms with Crippen LogP contribution in [0.1, 0.15) is 59.3 Å². The van der Waals surface area contributed by atoms with Gasteiger partial charge < -0.3 is 14.6 Å². The lowest BCUT2D eigenvalue weighted by Gasteiger charge is -2.60. The molecule has 1 N–H and O–H groups in total. The van der Waals surface area contributed by atoms with Gasteiger partial charge in [0, 0.05) is 22.3 Å². The highest BCUT2D eigenvalue weighted by molar-refractivity contribution is 7.96. The molecule has 1 aliphatic heterocycles. The van der Waals surface area contributed by atoms with Gasteiger partial charge in [-0.15, -0.1) is 12.6 Å². The number of ketones is 1. The van der Waals surface area contributed by atoms with Crippen LogP contribution in [0.15, 0.2) is 23.3 Å². The van der Waals surface area contributed by atoms with E-state index >= 15 is 8.78 Å². The van der Waals surface area contributed by atoms with E-state index in [1.54, 1.807) is 6.92 Å². The molecule has 1 saturated heterocycles. The Morgan fingerprint density at radius 3 is 2.58 bits per heavy atom. The summed E-state index contributed by atoms with van der Waals surface area (Å²) in [5.41, 5.74) is -3.60. The number of esters is 2. The number of halogens is 2. The average molecular weight is 553 g/mol. The number of thiol groups is 1. The molecule has 5 aliphatic rings. The molecule has 3 saturated carbocycles. The molecule has 0 spiro atoms. The van der Waals surface area contributed by atoms with Crippen LogP contribution in [0.5, 0.6) is 0 Å². The molecule has 0 amide bonds. The van der Waals surface area contributed by atoms with E-state index in [9.17, 15) is 24.3 Å². The first-order valence-electron chi connectivity index (χ1n) is 13.3. The third-order valence-electron chi connectivity index (χ3n) is 10.2. The van der Waals surface area contributed by atoms with Gasteiger partial charge >= 0.3 is 11.9 Å². The fraction of sp³-hybridized carbons (Fsp3) is 0.714. The first-order chi connectivity index (χ1) is 17.7. The molecule has 0 aromatic carbocycles. The third kappa shape index (κ3) is 3.92. The lowest BCUT2D eigenvalue weighted by atomic mass is 9.46. The number of cyclic esters (lactones) is 1. The summed E-state index contributed by atoms with van der Waals surface area (Å²) in [4.78, 5) is 49.0. The second-order valence-electron chi connectivity index (χ2n) is 12.2. The van der Waals surface area contributed by atoms with E-state index in [-0.39, 0.29) is 42.4 Å². The highest BCUT2D eigenvalue weighted by Crippen LogP contribution is 2.69. The molecule has 0 aromatic rings. The Hall–Kier alpha value is -2.07. The second kappa shape index (κ2) is 9.25. The molecule has 0 bridgehead atoms. The van der Waals surface area contributed by atoms with Gasteiger partial charge in [-0.2, -0.15) is 0 Å². The summed E-state index contributed by atoms with van der Waals surface area (Å²) in [6.07, 6.45) is -0.292. The maximum atomic E-state index is 17.5. The van der Waals surface area contributed by atoms with Crippen LogP contribution in [0.2, 0.25) is 0 Å². The first-order valence-corrected chi connectivity index (χ1v) is 13.8. The molecule has 10 atom stereocenters. The number of allylic oxidation sites excluding steroid dienone is 3. The zero-order chi connectivity index (χ0) is 27.8. The minimum Gasteiger partial charge on any atom is -0.465 e. The van der Waals surface area contributed by atoms with E-state index in [0.717, 1.165) is 0 Å². The maximum absolute atomic E-state index is 17.5. The Bertz CT molecular complexity index is 1150. The van der Waals surface area contributed by atoms with Gasteiger partial charge in [0.25, 0.3) is 0 Å². The monoisotopic (exact) mass is 552 g/mol.